The summed E-state index contributed by atoms with van der Waals surface area (Å²) in [6.07, 6.45) is 0. The van der Waals surface area contributed by atoms with Crippen molar-refractivity contribution in [2.75, 3.05) is 27.3 Å². The van der Waals surface area contributed by atoms with Gasteiger partial charge in [-0.1, -0.05) is 0 Å². The summed E-state index contributed by atoms with van der Waals surface area (Å²) in [7, 11) is 2.57. The lowest BCUT2D eigenvalue weighted by atomic mass is 10.1. The molecule has 21 heavy (non-hydrogen) atoms. The summed E-state index contributed by atoms with van der Waals surface area (Å²) in [6, 6.07) is 3.71. The molecule has 0 aliphatic rings. The topological polar surface area (TPSA) is 99.0 Å². The highest BCUT2D eigenvalue weighted by atomic mass is 16.6. The van der Waals surface area contributed by atoms with Crippen LogP contribution in [0.1, 0.15) is 17.3 Å². The molecule has 0 saturated heterocycles. The molecule has 0 aromatic heterocycles. The van der Waals surface area contributed by atoms with Crippen LogP contribution in [0.15, 0.2) is 18.2 Å². The third-order valence-corrected chi connectivity index (χ3v) is 2.84. The van der Waals surface area contributed by atoms with Crippen LogP contribution in [-0.4, -0.2) is 49.0 Å². The van der Waals surface area contributed by atoms with Crippen molar-refractivity contribution in [3.8, 4) is 5.75 Å². The molecule has 1 aromatic rings. The fourth-order valence-electron chi connectivity index (χ4n) is 1.69. The van der Waals surface area contributed by atoms with Crippen molar-refractivity contribution >= 4 is 17.6 Å². The van der Waals surface area contributed by atoms with Gasteiger partial charge in [-0.15, -0.1) is 0 Å². The van der Waals surface area contributed by atoms with E-state index in [1.54, 1.807) is 6.92 Å². The molecule has 1 amide bonds. The highest BCUT2D eigenvalue weighted by Gasteiger charge is 2.23. The predicted octanol–water partition coefficient (Wildman–Crippen LogP) is 1.24. The molecule has 8 nitrogen and oxygen atoms in total. The number of methoxy groups -OCH3 is 2. The second-order valence-electron chi connectivity index (χ2n) is 4.04. The van der Waals surface area contributed by atoms with Gasteiger partial charge in [0.15, 0.2) is 0 Å². The van der Waals surface area contributed by atoms with Crippen molar-refractivity contribution in [1.82, 2.24) is 4.90 Å². The minimum absolute atomic E-state index is 0.0254. The Kier molecular flexibility index (Phi) is 5.65. The minimum Gasteiger partial charge on any atom is -0.496 e. The summed E-state index contributed by atoms with van der Waals surface area (Å²) in [6.45, 7) is 1.70. The predicted molar refractivity (Wildman–Crippen MR) is 73.2 cm³/mol. The van der Waals surface area contributed by atoms with Gasteiger partial charge in [0.2, 0.25) is 0 Å². The number of nitro benzene ring substituents is 1. The van der Waals surface area contributed by atoms with Crippen LogP contribution >= 0.6 is 0 Å². The smallest absolute Gasteiger partial charge is 0.325 e. The Morgan fingerprint density at radius 3 is 2.48 bits per heavy atom. The lowest BCUT2D eigenvalue weighted by Crippen LogP contribution is -2.36. The minimum atomic E-state index is -0.604. The molecule has 0 aliphatic carbocycles. The summed E-state index contributed by atoms with van der Waals surface area (Å²) >= 11 is 0. The number of ether oxygens (including phenoxy) is 2. The quantitative estimate of drug-likeness (QED) is 0.445. The van der Waals surface area contributed by atoms with Gasteiger partial charge in [0.05, 0.1) is 24.7 Å². The van der Waals surface area contributed by atoms with E-state index in [4.69, 9.17) is 4.74 Å². The monoisotopic (exact) mass is 296 g/mol. The van der Waals surface area contributed by atoms with Gasteiger partial charge in [0.25, 0.3) is 11.6 Å². The zero-order valence-corrected chi connectivity index (χ0v) is 12.0. The van der Waals surface area contributed by atoms with Crippen molar-refractivity contribution < 1.29 is 24.0 Å². The first-order valence-corrected chi connectivity index (χ1v) is 6.13. The summed E-state index contributed by atoms with van der Waals surface area (Å²) < 4.78 is 9.56. The number of hydrogen-bond acceptors (Lipinski definition) is 6. The van der Waals surface area contributed by atoms with Crippen LogP contribution in [-0.2, 0) is 9.53 Å². The first-order chi connectivity index (χ1) is 9.94. The molecule has 0 spiro atoms. The van der Waals surface area contributed by atoms with Crippen LogP contribution < -0.4 is 4.74 Å². The van der Waals surface area contributed by atoms with E-state index < -0.39 is 16.8 Å². The number of amides is 1. The van der Waals surface area contributed by atoms with Crippen LogP contribution in [0.25, 0.3) is 0 Å². The van der Waals surface area contributed by atoms with Gasteiger partial charge in [-0.3, -0.25) is 19.7 Å². The maximum Gasteiger partial charge on any atom is 0.325 e. The molecule has 1 rings (SSSR count). The second kappa shape index (κ2) is 7.22. The third-order valence-electron chi connectivity index (χ3n) is 2.84. The fraction of sp³-hybridized carbons (Fsp3) is 0.385. The Balaban J connectivity index is 3.16. The van der Waals surface area contributed by atoms with E-state index in [0.717, 1.165) is 6.07 Å². The summed E-state index contributed by atoms with van der Waals surface area (Å²) in [5, 5.41) is 10.8. The summed E-state index contributed by atoms with van der Waals surface area (Å²) in [5.41, 5.74) is -0.203. The molecular formula is C13H16N2O6. The van der Waals surface area contributed by atoms with E-state index in [2.05, 4.69) is 4.74 Å². The Bertz CT molecular complexity index is 558. The zero-order chi connectivity index (χ0) is 16.0. The van der Waals surface area contributed by atoms with Crippen LogP contribution in [0.4, 0.5) is 5.69 Å². The number of hydrogen-bond donors (Lipinski definition) is 0. The van der Waals surface area contributed by atoms with Crippen molar-refractivity contribution in [2.24, 2.45) is 0 Å². The van der Waals surface area contributed by atoms with Crippen molar-refractivity contribution in [3.63, 3.8) is 0 Å². The summed E-state index contributed by atoms with van der Waals surface area (Å²) in [4.78, 5) is 35.1. The van der Waals surface area contributed by atoms with Crippen molar-refractivity contribution in [2.45, 2.75) is 6.92 Å². The van der Waals surface area contributed by atoms with E-state index in [0.29, 0.717) is 0 Å². The summed E-state index contributed by atoms with van der Waals surface area (Å²) in [5.74, 6) is -0.910. The van der Waals surface area contributed by atoms with Crippen molar-refractivity contribution in [3.05, 3.63) is 33.9 Å². The van der Waals surface area contributed by atoms with Crippen LogP contribution in [0.5, 0.6) is 5.75 Å². The van der Waals surface area contributed by atoms with Gasteiger partial charge in [-0.25, -0.2) is 0 Å². The number of carbonyl (C=O) groups excluding carboxylic acids is 2. The molecule has 0 fully saturated rings. The Hall–Kier alpha value is -2.64. The normalized spacial score (nSPS) is 9.86. The molecule has 0 unspecified atom stereocenters. The molecule has 0 heterocycles. The van der Waals surface area contributed by atoms with Crippen LogP contribution in [0.3, 0.4) is 0 Å². The Labute approximate surface area is 121 Å². The number of likely N-dealkylation sites (N-methyl/N-ethyl adjacent to an activating group) is 1. The van der Waals surface area contributed by atoms with E-state index in [-0.39, 0.29) is 30.1 Å². The SMILES string of the molecule is CCN(CC(=O)OC)C(=O)c1cc([N+](=O)[O-])ccc1OC. The highest BCUT2D eigenvalue weighted by molar-refractivity contribution is 5.99. The van der Waals surface area contributed by atoms with Gasteiger partial charge in [0, 0.05) is 18.7 Å². The van der Waals surface area contributed by atoms with Gasteiger partial charge in [0.1, 0.15) is 12.3 Å². The largest absolute Gasteiger partial charge is 0.496 e. The van der Waals surface area contributed by atoms with E-state index in [1.807, 2.05) is 0 Å². The maximum atomic E-state index is 12.4. The average Bonchev–Trinajstić information content (AvgIpc) is 2.50. The Morgan fingerprint density at radius 2 is 2.00 bits per heavy atom. The number of rotatable bonds is 6. The van der Waals surface area contributed by atoms with Crippen LogP contribution in [0, 0.1) is 10.1 Å². The van der Waals surface area contributed by atoms with E-state index in [9.17, 15) is 19.7 Å². The standard InChI is InChI=1S/C13H16N2O6/c1-4-14(8-12(16)21-3)13(17)10-7-9(15(18)19)5-6-11(10)20-2/h5-7H,4,8H2,1-3H3. The number of esters is 1. The highest BCUT2D eigenvalue weighted by Crippen LogP contribution is 2.25. The number of nitro groups is 1. The van der Waals surface area contributed by atoms with Gasteiger partial charge < -0.3 is 14.4 Å². The third kappa shape index (κ3) is 3.91. The first kappa shape index (κ1) is 16.4. The molecule has 0 atom stereocenters. The lowest BCUT2D eigenvalue weighted by Gasteiger charge is -2.20. The Morgan fingerprint density at radius 1 is 1.33 bits per heavy atom. The number of nitrogens with zero attached hydrogens (tertiary/aromatic N) is 2. The second-order valence-corrected chi connectivity index (χ2v) is 4.04. The van der Waals surface area contributed by atoms with Crippen LogP contribution in [0.2, 0.25) is 0 Å². The molecule has 114 valence electrons. The molecule has 0 N–H and O–H groups in total. The van der Waals surface area contributed by atoms with E-state index >= 15 is 0 Å². The molecule has 0 radical (unpaired) electrons. The van der Waals surface area contributed by atoms with Crippen molar-refractivity contribution in [1.29, 1.82) is 0 Å². The number of non-ortho nitro benzene ring substituents is 1. The molecule has 0 bridgehead atoms. The lowest BCUT2D eigenvalue weighted by molar-refractivity contribution is -0.384. The molecule has 1 aromatic carbocycles. The first-order valence-electron chi connectivity index (χ1n) is 6.13. The maximum absolute atomic E-state index is 12.4. The average molecular weight is 296 g/mol. The molecule has 0 saturated carbocycles. The van der Waals surface area contributed by atoms with Gasteiger partial charge in [-0.2, -0.15) is 0 Å². The molecule has 8 heteroatoms. The fourth-order valence-corrected chi connectivity index (χ4v) is 1.69. The number of benzene rings is 1. The molecule has 0 aliphatic heterocycles. The van der Waals surface area contributed by atoms with E-state index in [1.165, 1.54) is 31.3 Å². The van der Waals surface area contributed by atoms with Gasteiger partial charge >= 0.3 is 5.97 Å². The molecular weight excluding hydrogens is 280 g/mol. The number of carbonyl (C=O) groups is 2. The van der Waals surface area contributed by atoms with Gasteiger partial charge in [-0.05, 0) is 13.0 Å². The zero-order valence-electron chi connectivity index (χ0n) is 12.0.